The number of aromatic carboxylic acids is 4. The fourth-order valence-electron chi connectivity index (χ4n) is 2.86. The van der Waals surface area contributed by atoms with Crippen LogP contribution in [-0.2, 0) is 0 Å². The van der Waals surface area contributed by atoms with Crippen molar-refractivity contribution in [1.29, 1.82) is 0 Å². The molecule has 0 aliphatic heterocycles. The first-order valence-corrected chi connectivity index (χ1v) is 7.35. The Morgan fingerprint density at radius 2 is 1.00 bits per heavy atom. The zero-order valence-corrected chi connectivity index (χ0v) is 13.5. The highest BCUT2D eigenvalue weighted by molar-refractivity contribution is 6.04. The highest BCUT2D eigenvalue weighted by Gasteiger charge is 2.28. The van der Waals surface area contributed by atoms with Crippen LogP contribution in [0.15, 0.2) is 36.4 Å². The molecule has 0 aliphatic rings. The Morgan fingerprint density at radius 3 is 1.27 bits per heavy atom. The van der Waals surface area contributed by atoms with Gasteiger partial charge in [-0.15, -0.1) is 0 Å². The van der Waals surface area contributed by atoms with E-state index in [1.165, 1.54) is 31.2 Å². The third kappa shape index (κ3) is 3.25. The van der Waals surface area contributed by atoms with E-state index in [1.807, 2.05) is 0 Å². The summed E-state index contributed by atoms with van der Waals surface area (Å²) >= 11 is 0. The van der Waals surface area contributed by atoms with Gasteiger partial charge in [0, 0.05) is 5.92 Å². The molecule has 2 rings (SSSR count). The zero-order chi connectivity index (χ0) is 19.6. The van der Waals surface area contributed by atoms with Crippen LogP contribution in [0.4, 0.5) is 0 Å². The van der Waals surface area contributed by atoms with E-state index < -0.39 is 52.0 Å². The summed E-state index contributed by atoms with van der Waals surface area (Å²) in [6.45, 7) is 1.49. The predicted molar refractivity (Wildman–Crippen MR) is 88.2 cm³/mol. The summed E-state index contributed by atoms with van der Waals surface area (Å²) in [5.41, 5.74) is -1.67. The van der Waals surface area contributed by atoms with Crippen molar-refractivity contribution < 1.29 is 39.6 Å². The van der Waals surface area contributed by atoms with Crippen molar-refractivity contribution in [3.63, 3.8) is 0 Å². The number of carboxylic acid groups (broad SMARTS) is 4. The van der Waals surface area contributed by atoms with Crippen molar-refractivity contribution in [3.05, 3.63) is 69.8 Å². The monoisotopic (exact) mass is 358 g/mol. The minimum atomic E-state index is -1.48. The summed E-state index contributed by atoms with van der Waals surface area (Å²) in [5, 5.41) is 37.3. The van der Waals surface area contributed by atoms with Crippen LogP contribution in [0.5, 0.6) is 0 Å². The molecule has 0 fully saturated rings. The summed E-state index contributed by atoms with van der Waals surface area (Å²) in [5.74, 6) is -6.69. The molecule has 0 aliphatic carbocycles. The average molecular weight is 358 g/mol. The Labute approximate surface area is 147 Å². The smallest absolute Gasteiger partial charge is 0.336 e. The maximum absolute atomic E-state index is 11.6. The van der Waals surface area contributed by atoms with Gasteiger partial charge in [-0.3, -0.25) is 0 Å². The van der Waals surface area contributed by atoms with Crippen molar-refractivity contribution in [2.24, 2.45) is 0 Å². The summed E-state index contributed by atoms with van der Waals surface area (Å²) in [4.78, 5) is 45.8. The van der Waals surface area contributed by atoms with Crippen LogP contribution in [0.1, 0.15) is 65.4 Å². The molecule has 0 bridgehead atoms. The van der Waals surface area contributed by atoms with Gasteiger partial charge in [0.15, 0.2) is 0 Å². The SMILES string of the molecule is CC(c1cccc(C(=O)O)c1C(=O)O)c1cccc(C(=O)O)c1C(=O)O. The quantitative estimate of drug-likeness (QED) is 0.615. The lowest BCUT2D eigenvalue weighted by Crippen LogP contribution is -2.17. The van der Waals surface area contributed by atoms with Gasteiger partial charge in [0.1, 0.15) is 0 Å². The second-order valence-electron chi connectivity index (χ2n) is 5.48. The van der Waals surface area contributed by atoms with Gasteiger partial charge in [0.25, 0.3) is 0 Å². The fourth-order valence-corrected chi connectivity index (χ4v) is 2.86. The van der Waals surface area contributed by atoms with Gasteiger partial charge in [-0.1, -0.05) is 31.2 Å². The highest BCUT2D eigenvalue weighted by Crippen LogP contribution is 2.32. The maximum atomic E-state index is 11.6. The van der Waals surface area contributed by atoms with E-state index in [0.29, 0.717) is 0 Å². The van der Waals surface area contributed by atoms with Gasteiger partial charge < -0.3 is 20.4 Å². The topological polar surface area (TPSA) is 149 Å². The fraction of sp³-hybridized carbons (Fsp3) is 0.111. The molecule has 2 aromatic rings. The molecule has 8 heteroatoms. The van der Waals surface area contributed by atoms with Crippen LogP contribution in [-0.4, -0.2) is 44.3 Å². The van der Waals surface area contributed by atoms with E-state index in [9.17, 15) is 39.6 Å². The minimum absolute atomic E-state index is 0.0717. The number of carbonyl (C=O) groups is 4. The molecule has 0 unspecified atom stereocenters. The van der Waals surface area contributed by atoms with Crippen molar-refractivity contribution in [2.75, 3.05) is 0 Å². The van der Waals surface area contributed by atoms with E-state index in [1.54, 1.807) is 0 Å². The van der Waals surface area contributed by atoms with E-state index in [-0.39, 0.29) is 11.1 Å². The Morgan fingerprint density at radius 1 is 0.654 bits per heavy atom. The Bertz CT molecular complexity index is 853. The lowest BCUT2D eigenvalue weighted by molar-refractivity contribution is 0.0648. The van der Waals surface area contributed by atoms with Crippen molar-refractivity contribution in [2.45, 2.75) is 12.8 Å². The molecule has 0 radical (unpaired) electrons. The van der Waals surface area contributed by atoms with Gasteiger partial charge in [0.2, 0.25) is 0 Å². The van der Waals surface area contributed by atoms with Crippen LogP contribution in [0.3, 0.4) is 0 Å². The lowest BCUT2D eigenvalue weighted by Gasteiger charge is -2.19. The van der Waals surface area contributed by atoms with Gasteiger partial charge in [-0.05, 0) is 23.3 Å². The molecular formula is C18H14O8. The number of hydrogen-bond acceptors (Lipinski definition) is 4. The van der Waals surface area contributed by atoms with Crippen LogP contribution >= 0.6 is 0 Å². The summed E-state index contributed by atoms with van der Waals surface area (Å²) in [6, 6.07) is 7.72. The Kier molecular flexibility index (Phi) is 5.06. The summed E-state index contributed by atoms with van der Waals surface area (Å²) < 4.78 is 0. The molecule has 0 aromatic heterocycles. The van der Waals surface area contributed by atoms with Crippen LogP contribution in [0.25, 0.3) is 0 Å². The molecule has 8 nitrogen and oxygen atoms in total. The highest BCUT2D eigenvalue weighted by atomic mass is 16.4. The van der Waals surface area contributed by atoms with Gasteiger partial charge in [-0.2, -0.15) is 0 Å². The lowest BCUT2D eigenvalue weighted by atomic mass is 9.84. The number of carboxylic acids is 4. The normalized spacial score (nSPS) is 10.5. The molecule has 2 aromatic carbocycles. The van der Waals surface area contributed by atoms with Crippen molar-refractivity contribution in [3.8, 4) is 0 Å². The van der Waals surface area contributed by atoms with E-state index >= 15 is 0 Å². The third-order valence-electron chi connectivity index (χ3n) is 4.01. The second kappa shape index (κ2) is 7.06. The minimum Gasteiger partial charge on any atom is -0.478 e. The standard InChI is InChI=1S/C18H14O8/c1-8(9-4-2-6-11(15(19)20)13(9)17(23)24)10-5-3-7-12(16(21)22)14(10)18(25)26/h2-8H,1H3,(H,19,20)(H,21,22)(H,23,24)(H,25,26). The molecule has 0 saturated carbocycles. The van der Waals surface area contributed by atoms with E-state index in [4.69, 9.17) is 0 Å². The van der Waals surface area contributed by atoms with Gasteiger partial charge in [-0.25, -0.2) is 19.2 Å². The molecule has 0 amide bonds. The molecule has 4 N–H and O–H groups in total. The summed E-state index contributed by atoms with van der Waals surface area (Å²) in [7, 11) is 0. The van der Waals surface area contributed by atoms with Gasteiger partial charge in [0.05, 0.1) is 22.3 Å². The molecule has 0 spiro atoms. The predicted octanol–water partition coefficient (Wildman–Crippen LogP) is 2.63. The Balaban J connectivity index is 2.78. The molecule has 26 heavy (non-hydrogen) atoms. The molecule has 0 atom stereocenters. The molecule has 0 heterocycles. The van der Waals surface area contributed by atoms with E-state index in [0.717, 1.165) is 12.1 Å². The number of benzene rings is 2. The largest absolute Gasteiger partial charge is 0.478 e. The van der Waals surface area contributed by atoms with Crippen molar-refractivity contribution >= 4 is 23.9 Å². The van der Waals surface area contributed by atoms with Crippen LogP contribution in [0.2, 0.25) is 0 Å². The number of rotatable bonds is 6. The molecular weight excluding hydrogens is 344 g/mol. The second-order valence-corrected chi connectivity index (χ2v) is 5.48. The van der Waals surface area contributed by atoms with E-state index in [2.05, 4.69) is 0 Å². The third-order valence-corrected chi connectivity index (χ3v) is 4.01. The van der Waals surface area contributed by atoms with Crippen LogP contribution in [0, 0.1) is 0 Å². The molecule has 0 saturated heterocycles. The zero-order valence-electron chi connectivity index (χ0n) is 13.5. The van der Waals surface area contributed by atoms with Crippen molar-refractivity contribution in [1.82, 2.24) is 0 Å². The summed E-state index contributed by atoms with van der Waals surface area (Å²) in [6.07, 6.45) is 0. The first-order valence-electron chi connectivity index (χ1n) is 7.35. The number of hydrogen-bond donors (Lipinski definition) is 4. The first-order chi connectivity index (χ1) is 12.2. The Hall–Kier alpha value is -3.68. The molecule has 134 valence electrons. The van der Waals surface area contributed by atoms with Crippen LogP contribution < -0.4 is 0 Å². The van der Waals surface area contributed by atoms with Gasteiger partial charge >= 0.3 is 23.9 Å². The maximum Gasteiger partial charge on any atom is 0.336 e. The average Bonchev–Trinajstić information content (AvgIpc) is 2.59. The first kappa shape index (κ1) is 18.7.